The van der Waals surface area contributed by atoms with Crippen molar-refractivity contribution in [3.05, 3.63) is 0 Å². The van der Waals surface area contributed by atoms with E-state index in [1.807, 2.05) is 0 Å². The van der Waals surface area contributed by atoms with Crippen molar-refractivity contribution in [2.24, 2.45) is 0 Å². The molecule has 0 aliphatic rings. The van der Waals surface area contributed by atoms with Gasteiger partial charge >= 0.3 is 0 Å². The molecule has 0 aromatic rings. The van der Waals surface area contributed by atoms with E-state index < -0.39 is 0 Å². The SMILES string of the molecule is CCCCCCCCCCCCCCCCCCCCCCCCSCCCCCC. The molecule has 0 spiro atoms. The Morgan fingerprint density at radius 1 is 0.258 bits per heavy atom. The number of hydrogen-bond donors (Lipinski definition) is 0. The molecule has 0 heterocycles. The van der Waals surface area contributed by atoms with Crippen molar-refractivity contribution in [2.45, 2.75) is 181 Å². The second-order valence-corrected chi connectivity index (χ2v) is 11.3. The quantitative estimate of drug-likeness (QED) is 0.106. The molecule has 188 valence electrons. The van der Waals surface area contributed by atoms with Crippen LogP contribution in [0.1, 0.15) is 181 Å². The first-order chi connectivity index (χ1) is 15.4. The normalized spacial score (nSPS) is 11.4. The maximum Gasteiger partial charge on any atom is -0.00675 e. The Balaban J connectivity index is 2.98. The highest BCUT2D eigenvalue weighted by molar-refractivity contribution is 7.99. The summed E-state index contributed by atoms with van der Waals surface area (Å²) in [5.41, 5.74) is 0. The lowest BCUT2D eigenvalue weighted by molar-refractivity contribution is 0.520. The molecule has 1 heteroatoms. The second kappa shape index (κ2) is 30.4. The third-order valence-corrected chi connectivity index (χ3v) is 7.94. The van der Waals surface area contributed by atoms with Gasteiger partial charge in [-0.2, -0.15) is 11.8 Å². The molecular formula is C30H62S. The minimum absolute atomic E-state index is 1.37. The highest BCUT2D eigenvalue weighted by atomic mass is 32.2. The summed E-state index contributed by atoms with van der Waals surface area (Å²) in [7, 11) is 0. The van der Waals surface area contributed by atoms with Crippen LogP contribution in [-0.4, -0.2) is 11.5 Å². The summed E-state index contributed by atoms with van der Waals surface area (Å²) in [5.74, 6) is 2.81. The van der Waals surface area contributed by atoms with Crippen molar-refractivity contribution in [2.75, 3.05) is 11.5 Å². The van der Waals surface area contributed by atoms with E-state index in [4.69, 9.17) is 0 Å². The molecule has 0 N–H and O–H groups in total. The van der Waals surface area contributed by atoms with Crippen molar-refractivity contribution in [3.8, 4) is 0 Å². The van der Waals surface area contributed by atoms with Crippen LogP contribution in [0.3, 0.4) is 0 Å². The summed E-state index contributed by atoms with van der Waals surface area (Å²) in [4.78, 5) is 0. The van der Waals surface area contributed by atoms with E-state index in [0.29, 0.717) is 0 Å². The first-order valence-corrected chi connectivity index (χ1v) is 16.1. The van der Waals surface area contributed by atoms with Gasteiger partial charge < -0.3 is 0 Å². The molecule has 0 atom stereocenters. The molecule has 0 bridgehead atoms. The van der Waals surface area contributed by atoms with Crippen LogP contribution in [0.5, 0.6) is 0 Å². The molecule has 0 unspecified atom stereocenters. The van der Waals surface area contributed by atoms with Gasteiger partial charge in [0.25, 0.3) is 0 Å². The lowest BCUT2D eigenvalue weighted by atomic mass is 10.0. The van der Waals surface area contributed by atoms with Gasteiger partial charge in [0.1, 0.15) is 0 Å². The molecular weight excluding hydrogens is 392 g/mol. The fourth-order valence-corrected chi connectivity index (χ4v) is 5.57. The lowest BCUT2D eigenvalue weighted by Crippen LogP contribution is -1.86. The van der Waals surface area contributed by atoms with Crippen LogP contribution in [0.25, 0.3) is 0 Å². The number of hydrogen-bond acceptors (Lipinski definition) is 1. The van der Waals surface area contributed by atoms with E-state index in [0.717, 1.165) is 0 Å². The summed E-state index contributed by atoms with van der Waals surface area (Å²) in [6.07, 6.45) is 38.2. The van der Waals surface area contributed by atoms with Crippen LogP contribution >= 0.6 is 11.8 Å². The van der Waals surface area contributed by atoms with Crippen LogP contribution in [0.2, 0.25) is 0 Å². The van der Waals surface area contributed by atoms with E-state index >= 15 is 0 Å². The Labute approximate surface area is 203 Å². The molecule has 0 amide bonds. The van der Waals surface area contributed by atoms with E-state index in [-0.39, 0.29) is 0 Å². The minimum atomic E-state index is 1.37. The van der Waals surface area contributed by atoms with Gasteiger partial charge in [0.05, 0.1) is 0 Å². The predicted octanol–water partition coefficient (Wildman–Crippen LogP) is 11.9. The second-order valence-electron chi connectivity index (χ2n) is 10.1. The molecule has 0 fully saturated rings. The molecule has 0 aliphatic heterocycles. The van der Waals surface area contributed by atoms with Gasteiger partial charge in [-0.3, -0.25) is 0 Å². The maximum absolute atomic E-state index is 2.31. The van der Waals surface area contributed by atoms with Crippen LogP contribution in [0, 0.1) is 0 Å². The molecule has 31 heavy (non-hydrogen) atoms. The first-order valence-electron chi connectivity index (χ1n) is 15.0. The van der Waals surface area contributed by atoms with Crippen molar-refractivity contribution in [1.29, 1.82) is 0 Å². The number of unbranched alkanes of at least 4 members (excludes halogenated alkanes) is 24. The zero-order chi connectivity index (χ0) is 22.5. The highest BCUT2D eigenvalue weighted by Gasteiger charge is 1.96. The van der Waals surface area contributed by atoms with Gasteiger partial charge in [0.2, 0.25) is 0 Å². The van der Waals surface area contributed by atoms with Gasteiger partial charge in [-0.15, -0.1) is 0 Å². The van der Waals surface area contributed by atoms with Gasteiger partial charge in [-0.1, -0.05) is 168 Å². The Morgan fingerprint density at radius 2 is 0.452 bits per heavy atom. The van der Waals surface area contributed by atoms with E-state index in [1.165, 1.54) is 178 Å². The van der Waals surface area contributed by atoms with E-state index in [2.05, 4.69) is 25.6 Å². The number of thioether (sulfide) groups is 1. The molecule has 0 aliphatic carbocycles. The molecule has 0 nitrogen and oxygen atoms in total. The molecule has 0 saturated carbocycles. The maximum atomic E-state index is 2.31. The van der Waals surface area contributed by atoms with Gasteiger partial charge in [0.15, 0.2) is 0 Å². The first kappa shape index (κ1) is 31.4. The summed E-state index contributed by atoms with van der Waals surface area (Å²) in [6.45, 7) is 4.60. The van der Waals surface area contributed by atoms with Crippen LogP contribution in [0.15, 0.2) is 0 Å². The minimum Gasteiger partial charge on any atom is -0.162 e. The molecule has 0 rings (SSSR count). The molecule has 0 aromatic heterocycles. The molecule has 0 radical (unpaired) electrons. The Morgan fingerprint density at radius 3 is 0.710 bits per heavy atom. The Hall–Kier alpha value is 0.350. The average molecular weight is 455 g/mol. The van der Waals surface area contributed by atoms with Crippen LogP contribution in [0.4, 0.5) is 0 Å². The summed E-state index contributed by atoms with van der Waals surface area (Å²) in [5, 5.41) is 0. The van der Waals surface area contributed by atoms with E-state index in [9.17, 15) is 0 Å². The van der Waals surface area contributed by atoms with Crippen LogP contribution in [-0.2, 0) is 0 Å². The van der Waals surface area contributed by atoms with Crippen LogP contribution < -0.4 is 0 Å². The summed E-state index contributed by atoms with van der Waals surface area (Å²) < 4.78 is 0. The largest absolute Gasteiger partial charge is 0.162 e. The fraction of sp³-hybridized carbons (Fsp3) is 1.00. The van der Waals surface area contributed by atoms with Crippen molar-refractivity contribution in [1.82, 2.24) is 0 Å². The monoisotopic (exact) mass is 454 g/mol. The van der Waals surface area contributed by atoms with Gasteiger partial charge in [0, 0.05) is 0 Å². The Kier molecular flexibility index (Phi) is 30.7. The zero-order valence-corrected chi connectivity index (χ0v) is 23.0. The summed E-state index contributed by atoms with van der Waals surface area (Å²) in [6, 6.07) is 0. The van der Waals surface area contributed by atoms with E-state index in [1.54, 1.807) is 0 Å². The van der Waals surface area contributed by atoms with Gasteiger partial charge in [-0.05, 0) is 24.3 Å². The zero-order valence-electron chi connectivity index (χ0n) is 22.2. The topological polar surface area (TPSA) is 0 Å². The highest BCUT2D eigenvalue weighted by Crippen LogP contribution is 2.16. The Bertz CT molecular complexity index is 260. The average Bonchev–Trinajstić information content (AvgIpc) is 2.78. The van der Waals surface area contributed by atoms with Crippen molar-refractivity contribution in [3.63, 3.8) is 0 Å². The third-order valence-electron chi connectivity index (χ3n) is 6.78. The number of rotatable bonds is 28. The predicted molar refractivity (Wildman–Crippen MR) is 149 cm³/mol. The lowest BCUT2D eigenvalue weighted by Gasteiger charge is -2.04. The van der Waals surface area contributed by atoms with Crippen molar-refractivity contribution >= 4 is 11.8 Å². The summed E-state index contributed by atoms with van der Waals surface area (Å²) >= 11 is 2.19. The smallest absolute Gasteiger partial charge is 0.00675 e. The van der Waals surface area contributed by atoms with Crippen molar-refractivity contribution < 1.29 is 0 Å². The molecule has 0 saturated heterocycles. The standard InChI is InChI=1S/C30H62S/c1-3-5-7-9-10-11-12-13-14-15-16-17-18-19-20-21-22-23-24-25-26-28-30-31-29-27-8-6-4-2/h3-30H2,1-2H3. The van der Waals surface area contributed by atoms with Gasteiger partial charge in [-0.25, -0.2) is 0 Å². The molecule has 0 aromatic carbocycles. The third kappa shape index (κ3) is 30.4. The fourth-order valence-electron chi connectivity index (χ4n) is 4.55.